The van der Waals surface area contributed by atoms with Crippen molar-refractivity contribution >= 4 is 21.6 Å². The van der Waals surface area contributed by atoms with Gasteiger partial charge in [-0.1, -0.05) is 69.3 Å². The lowest BCUT2D eigenvalue weighted by Crippen LogP contribution is -2.53. The lowest BCUT2D eigenvalue weighted by Gasteiger charge is -2.31. The summed E-state index contributed by atoms with van der Waals surface area (Å²) in [5, 5.41) is 9.02. The molecule has 0 aromatic heterocycles. The Morgan fingerprint density at radius 3 is 2.28 bits per heavy atom. The molecule has 3 aromatic rings. The van der Waals surface area contributed by atoms with Crippen molar-refractivity contribution in [2.24, 2.45) is 10.4 Å². The summed E-state index contributed by atoms with van der Waals surface area (Å²) in [6, 6.07) is 24.6. The maximum Gasteiger partial charge on any atom is 0.266 e. The van der Waals surface area contributed by atoms with Crippen molar-refractivity contribution in [1.29, 1.82) is 0 Å². The Bertz CT molecular complexity index is 1470. The molecule has 1 amide bonds. The Kier molecular flexibility index (Phi) is 10.6. The fraction of sp³-hybridized carbons (Fsp3) is 0.394. The number of carbonyl (C=O) groups is 1. The number of aliphatic hydroxyl groups is 1. The molecule has 4 rings (SSSR count). The quantitative estimate of drug-likeness (QED) is 0.180. The zero-order chi connectivity index (χ0) is 30.9. The molecule has 0 aliphatic carbocycles. The largest absolute Gasteiger partial charge is 0.494 e. The smallest absolute Gasteiger partial charge is 0.266 e. The lowest BCUT2D eigenvalue weighted by atomic mass is 9.85. The summed E-state index contributed by atoms with van der Waals surface area (Å²) in [5.41, 5.74) is 5.64. The first-order chi connectivity index (χ1) is 20.5. The minimum Gasteiger partial charge on any atom is -0.494 e. The van der Waals surface area contributed by atoms with Crippen molar-refractivity contribution in [3.63, 3.8) is 0 Å². The molecule has 1 aliphatic heterocycles. The van der Waals surface area contributed by atoms with Crippen molar-refractivity contribution in [1.82, 2.24) is 10.9 Å². The first-order valence-electron chi connectivity index (χ1n) is 14.5. The van der Waals surface area contributed by atoms with E-state index in [1.54, 1.807) is 54.6 Å². The molecule has 0 unspecified atom stereocenters. The van der Waals surface area contributed by atoms with Gasteiger partial charge in [-0.25, -0.2) is 18.8 Å². The van der Waals surface area contributed by atoms with Gasteiger partial charge in [-0.05, 0) is 53.8 Å². The molecule has 0 fully saturated rings. The first-order valence-corrected chi connectivity index (χ1v) is 16.2. The second-order valence-corrected chi connectivity index (χ2v) is 13.9. The van der Waals surface area contributed by atoms with Crippen molar-refractivity contribution in [2.45, 2.75) is 56.6 Å². The molecule has 230 valence electrons. The number of hydrazine groups is 1. The molecular formula is C33H41N3O6S. The topological polar surface area (TPSA) is 126 Å². The molecule has 43 heavy (non-hydrogen) atoms. The SMILES string of the molecule is CC(C)(C)CCNNC(=O)[C@@]1(CCS(=O)(=O)c2ccccc2)N=C(c2ccc(OCCCO)cc2)O[C@H]1c1ccccc1. The van der Waals surface area contributed by atoms with Crippen molar-refractivity contribution in [3.8, 4) is 5.75 Å². The van der Waals surface area contributed by atoms with Gasteiger partial charge in [0.15, 0.2) is 21.5 Å². The van der Waals surface area contributed by atoms with Crippen LogP contribution in [0.1, 0.15) is 57.3 Å². The van der Waals surface area contributed by atoms with Crippen LogP contribution in [0.25, 0.3) is 0 Å². The number of sulfone groups is 1. The van der Waals surface area contributed by atoms with Crippen LogP contribution < -0.4 is 15.6 Å². The number of nitrogens with one attached hydrogen (secondary N) is 2. The van der Waals surface area contributed by atoms with E-state index in [2.05, 4.69) is 31.6 Å². The Morgan fingerprint density at radius 1 is 1.00 bits per heavy atom. The van der Waals surface area contributed by atoms with Gasteiger partial charge in [0.2, 0.25) is 5.90 Å². The van der Waals surface area contributed by atoms with E-state index in [1.165, 1.54) is 0 Å². The second-order valence-electron chi connectivity index (χ2n) is 11.8. The Balaban J connectivity index is 1.70. The third kappa shape index (κ3) is 8.43. The highest BCUT2D eigenvalue weighted by Gasteiger charge is 2.53. The minimum absolute atomic E-state index is 0.0405. The van der Waals surface area contributed by atoms with Gasteiger partial charge in [0.05, 0.1) is 17.3 Å². The van der Waals surface area contributed by atoms with Crippen LogP contribution in [0.15, 0.2) is 94.8 Å². The number of amides is 1. The second kappa shape index (κ2) is 14.2. The zero-order valence-corrected chi connectivity index (χ0v) is 25.8. The van der Waals surface area contributed by atoms with Gasteiger partial charge < -0.3 is 14.6 Å². The summed E-state index contributed by atoms with van der Waals surface area (Å²) in [6.45, 7) is 7.29. The lowest BCUT2D eigenvalue weighted by molar-refractivity contribution is -0.130. The predicted octanol–water partition coefficient (Wildman–Crippen LogP) is 4.63. The first kappa shape index (κ1) is 32.2. The summed E-state index contributed by atoms with van der Waals surface area (Å²) in [6.07, 6.45) is 0.341. The van der Waals surface area contributed by atoms with Crippen LogP contribution in [0, 0.1) is 5.41 Å². The summed E-state index contributed by atoms with van der Waals surface area (Å²) in [7, 11) is -3.73. The highest BCUT2D eigenvalue weighted by molar-refractivity contribution is 7.91. The fourth-order valence-corrected chi connectivity index (χ4v) is 6.11. The summed E-state index contributed by atoms with van der Waals surface area (Å²) in [5.74, 6) is 0.0691. The van der Waals surface area contributed by atoms with E-state index in [1.807, 2.05) is 30.3 Å². The maximum atomic E-state index is 14.1. The van der Waals surface area contributed by atoms with E-state index in [0.717, 1.165) is 6.42 Å². The molecule has 0 spiro atoms. The van der Waals surface area contributed by atoms with Crippen LogP contribution in [0.2, 0.25) is 0 Å². The summed E-state index contributed by atoms with van der Waals surface area (Å²) in [4.78, 5) is 19.2. The van der Waals surface area contributed by atoms with E-state index in [4.69, 9.17) is 19.6 Å². The Hall–Kier alpha value is -3.73. The number of carbonyl (C=O) groups excluding carboxylic acids is 1. The third-order valence-electron chi connectivity index (χ3n) is 7.19. The van der Waals surface area contributed by atoms with Crippen LogP contribution in [-0.4, -0.2) is 56.4 Å². The molecule has 10 heteroatoms. The van der Waals surface area contributed by atoms with E-state index in [9.17, 15) is 13.2 Å². The van der Waals surface area contributed by atoms with Crippen LogP contribution in [0.3, 0.4) is 0 Å². The number of aliphatic imine (C=N–C) groups is 1. The van der Waals surface area contributed by atoms with Gasteiger partial charge in [-0.2, -0.15) is 0 Å². The van der Waals surface area contributed by atoms with E-state index < -0.39 is 27.4 Å². The van der Waals surface area contributed by atoms with Crippen LogP contribution in [0.4, 0.5) is 0 Å². The predicted molar refractivity (Wildman–Crippen MR) is 167 cm³/mol. The van der Waals surface area contributed by atoms with Gasteiger partial charge in [-0.3, -0.25) is 10.2 Å². The number of ether oxygens (including phenoxy) is 2. The van der Waals surface area contributed by atoms with E-state index in [-0.39, 0.29) is 35.0 Å². The van der Waals surface area contributed by atoms with Crippen LogP contribution in [-0.2, 0) is 19.4 Å². The third-order valence-corrected chi connectivity index (χ3v) is 8.92. The molecule has 0 radical (unpaired) electrons. The molecule has 1 aliphatic rings. The highest BCUT2D eigenvalue weighted by atomic mass is 32.2. The molecule has 2 atom stereocenters. The maximum absolute atomic E-state index is 14.1. The number of benzene rings is 3. The molecule has 3 N–H and O–H groups in total. The van der Waals surface area contributed by atoms with Gasteiger partial charge in [0.1, 0.15) is 5.75 Å². The average molecular weight is 608 g/mol. The number of rotatable bonds is 14. The molecule has 9 nitrogen and oxygen atoms in total. The van der Waals surface area contributed by atoms with Crippen molar-refractivity contribution in [2.75, 3.05) is 25.5 Å². The molecule has 3 aromatic carbocycles. The average Bonchev–Trinajstić information content (AvgIpc) is 3.40. The molecule has 0 saturated heterocycles. The number of hydrogen-bond acceptors (Lipinski definition) is 8. The summed E-state index contributed by atoms with van der Waals surface area (Å²) >= 11 is 0. The highest BCUT2D eigenvalue weighted by Crippen LogP contribution is 2.43. The van der Waals surface area contributed by atoms with Crippen molar-refractivity contribution < 1.29 is 27.8 Å². The number of nitrogens with zero attached hydrogens (tertiary/aromatic N) is 1. The minimum atomic E-state index is -3.73. The van der Waals surface area contributed by atoms with Crippen LogP contribution in [0.5, 0.6) is 5.75 Å². The van der Waals surface area contributed by atoms with Gasteiger partial charge in [0, 0.05) is 31.6 Å². The van der Waals surface area contributed by atoms with Gasteiger partial charge in [-0.15, -0.1) is 0 Å². The summed E-state index contributed by atoms with van der Waals surface area (Å²) < 4.78 is 38.9. The fourth-order valence-electron chi connectivity index (χ4n) is 4.72. The Labute approximate surface area is 254 Å². The number of hydrogen-bond donors (Lipinski definition) is 3. The number of aliphatic hydroxyl groups excluding tert-OH is 1. The molecule has 1 heterocycles. The molecular weight excluding hydrogens is 566 g/mol. The Morgan fingerprint density at radius 2 is 1.65 bits per heavy atom. The monoisotopic (exact) mass is 607 g/mol. The normalized spacial score (nSPS) is 18.5. The van der Waals surface area contributed by atoms with E-state index >= 15 is 0 Å². The van der Waals surface area contributed by atoms with Gasteiger partial charge in [0.25, 0.3) is 5.91 Å². The molecule has 0 bridgehead atoms. The zero-order valence-electron chi connectivity index (χ0n) is 25.0. The standard InChI is InChI=1S/C33H41N3O6S/c1-32(2,3)19-21-34-36-31(38)33(20-24-43(39,40)28-13-8-5-9-14-28)29(25-11-6-4-7-12-25)42-30(35-33)26-15-17-27(18-16-26)41-23-10-22-37/h4-9,11-18,29,34,37H,10,19-24H2,1-3H3,(H,36,38)/t29-,33-/m0/s1. The van der Waals surface area contributed by atoms with Crippen molar-refractivity contribution in [3.05, 3.63) is 96.1 Å². The van der Waals surface area contributed by atoms with E-state index in [0.29, 0.717) is 36.4 Å². The van der Waals surface area contributed by atoms with Gasteiger partial charge >= 0.3 is 0 Å². The van der Waals surface area contributed by atoms with Crippen LogP contribution >= 0.6 is 0 Å². The molecule has 0 saturated carbocycles.